The Balaban J connectivity index is 3.14. The van der Waals surface area contributed by atoms with Crippen LogP contribution in [0.2, 0.25) is 0 Å². The molecule has 5 nitrogen and oxygen atoms in total. The summed E-state index contributed by atoms with van der Waals surface area (Å²) in [6.45, 7) is 0. The van der Waals surface area contributed by atoms with Crippen LogP contribution in [0.25, 0.3) is 0 Å². The molecular formula is C12H21NO4. The first-order valence-corrected chi connectivity index (χ1v) is 6.03. The van der Waals surface area contributed by atoms with Gasteiger partial charge in [-0.2, -0.15) is 0 Å². The van der Waals surface area contributed by atoms with E-state index < -0.39 is 4.92 Å². The lowest BCUT2D eigenvalue weighted by molar-refractivity contribution is -0.402. The minimum Gasteiger partial charge on any atom is -0.469 e. The van der Waals surface area contributed by atoms with Crippen molar-refractivity contribution in [2.45, 2.75) is 51.4 Å². The van der Waals surface area contributed by atoms with Crippen molar-refractivity contribution < 1.29 is 14.5 Å². The molecule has 0 heterocycles. The first-order valence-electron chi connectivity index (χ1n) is 6.03. The Kier molecular flexibility index (Phi) is 10.2. The molecule has 0 saturated heterocycles. The fourth-order valence-corrected chi connectivity index (χ4v) is 1.50. The third-order valence-corrected chi connectivity index (χ3v) is 2.46. The zero-order valence-corrected chi connectivity index (χ0v) is 10.4. The zero-order chi connectivity index (χ0) is 12.9. The number of hydrogen-bond acceptors (Lipinski definition) is 4. The van der Waals surface area contributed by atoms with Gasteiger partial charge in [-0.15, -0.1) is 0 Å². The SMILES string of the molecule is COC(=O)CCCCCCCC/C=C/[N+](=O)[O-]. The van der Waals surface area contributed by atoms with Gasteiger partial charge in [0.15, 0.2) is 0 Å². The van der Waals surface area contributed by atoms with E-state index in [0.29, 0.717) is 6.42 Å². The number of methoxy groups -OCH3 is 1. The van der Waals surface area contributed by atoms with Crippen LogP contribution in [0.4, 0.5) is 0 Å². The van der Waals surface area contributed by atoms with Crippen molar-refractivity contribution >= 4 is 5.97 Å². The molecule has 0 fully saturated rings. The van der Waals surface area contributed by atoms with Gasteiger partial charge in [-0.25, -0.2) is 0 Å². The van der Waals surface area contributed by atoms with E-state index in [9.17, 15) is 14.9 Å². The van der Waals surface area contributed by atoms with Gasteiger partial charge in [0.2, 0.25) is 6.20 Å². The second-order valence-corrected chi connectivity index (χ2v) is 3.91. The average molecular weight is 243 g/mol. The summed E-state index contributed by atoms with van der Waals surface area (Å²) in [6.07, 6.45) is 10.1. The number of carbonyl (C=O) groups excluding carboxylic acids is 1. The number of carbonyl (C=O) groups is 1. The van der Waals surface area contributed by atoms with Crippen LogP contribution >= 0.6 is 0 Å². The molecule has 0 N–H and O–H groups in total. The molecule has 0 aromatic heterocycles. The highest BCUT2D eigenvalue weighted by Gasteiger charge is 1.98. The van der Waals surface area contributed by atoms with Crippen molar-refractivity contribution in [3.05, 3.63) is 22.4 Å². The van der Waals surface area contributed by atoms with Crippen molar-refractivity contribution in [3.8, 4) is 0 Å². The Morgan fingerprint density at radius 3 is 2.35 bits per heavy atom. The first-order chi connectivity index (χ1) is 8.16. The third-order valence-electron chi connectivity index (χ3n) is 2.46. The van der Waals surface area contributed by atoms with E-state index >= 15 is 0 Å². The molecule has 0 bridgehead atoms. The van der Waals surface area contributed by atoms with Crippen LogP contribution < -0.4 is 0 Å². The summed E-state index contributed by atoms with van der Waals surface area (Å²) < 4.78 is 4.54. The molecule has 0 unspecified atom stereocenters. The molecule has 17 heavy (non-hydrogen) atoms. The Morgan fingerprint density at radius 1 is 1.18 bits per heavy atom. The smallest absolute Gasteiger partial charge is 0.305 e. The molecule has 98 valence electrons. The molecule has 0 amide bonds. The number of rotatable bonds is 10. The average Bonchev–Trinajstić information content (AvgIpc) is 2.30. The van der Waals surface area contributed by atoms with Gasteiger partial charge in [0, 0.05) is 6.42 Å². The quantitative estimate of drug-likeness (QED) is 0.256. The Morgan fingerprint density at radius 2 is 1.76 bits per heavy atom. The summed E-state index contributed by atoms with van der Waals surface area (Å²) in [4.78, 5) is 20.3. The maximum Gasteiger partial charge on any atom is 0.305 e. The molecule has 0 saturated carbocycles. The van der Waals surface area contributed by atoms with Gasteiger partial charge < -0.3 is 4.74 Å². The van der Waals surface area contributed by atoms with Gasteiger partial charge in [-0.1, -0.05) is 25.7 Å². The minimum atomic E-state index is -0.438. The number of ether oxygens (including phenoxy) is 1. The molecule has 0 spiro atoms. The summed E-state index contributed by atoms with van der Waals surface area (Å²) in [5.74, 6) is -0.144. The van der Waals surface area contributed by atoms with Crippen LogP contribution in [-0.4, -0.2) is 18.0 Å². The van der Waals surface area contributed by atoms with E-state index in [4.69, 9.17) is 0 Å². The summed E-state index contributed by atoms with van der Waals surface area (Å²) >= 11 is 0. The number of esters is 1. The molecule has 0 atom stereocenters. The van der Waals surface area contributed by atoms with Crippen LogP contribution in [-0.2, 0) is 9.53 Å². The van der Waals surface area contributed by atoms with Crippen molar-refractivity contribution in [1.82, 2.24) is 0 Å². The lowest BCUT2D eigenvalue weighted by atomic mass is 10.1. The van der Waals surface area contributed by atoms with E-state index in [0.717, 1.165) is 51.1 Å². The lowest BCUT2D eigenvalue weighted by Gasteiger charge is -2.00. The minimum absolute atomic E-state index is 0.144. The Labute approximate surface area is 102 Å². The Bertz CT molecular complexity index is 251. The van der Waals surface area contributed by atoms with Crippen LogP contribution in [0, 0.1) is 10.1 Å². The van der Waals surface area contributed by atoms with Crippen LogP contribution in [0.5, 0.6) is 0 Å². The first kappa shape index (κ1) is 15.6. The van der Waals surface area contributed by atoms with Crippen molar-refractivity contribution in [2.75, 3.05) is 7.11 Å². The van der Waals surface area contributed by atoms with Gasteiger partial charge in [0.25, 0.3) is 0 Å². The molecule has 0 rings (SSSR count). The molecule has 0 aliphatic rings. The monoisotopic (exact) mass is 243 g/mol. The number of nitro groups is 1. The number of hydrogen-bond donors (Lipinski definition) is 0. The largest absolute Gasteiger partial charge is 0.469 e. The van der Waals surface area contributed by atoms with Gasteiger partial charge in [0.1, 0.15) is 0 Å². The van der Waals surface area contributed by atoms with E-state index in [1.807, 2.05) is 0 Å². The van der Waals surface area contributed by atoms with Crippen molar-refractivity contribution in [1.29, 1.82) is 0 Å². The molecule has 0 aromatic rings. The summed E-state index contributed by atoms with van der Waals surface area (Å²) in [5, 5.41) is 9.97. The van der Waals surface area contributed by atoms with Gasteiger partial charge in [0.05, 0.1) is 12.0 Å². The van der Waals surface area contributed by atoms with E-state index in [-0.39, 0.29) is 5.97 Å². The zero-order valence-electron chi connectivity index (χ0n) is 10.4. The molecule has 0 aliphatic heterocycles. The number of allylic oxidation sites excluding steroid dienone is 1. The topological polar surface area (TPSA) is 69.4 Å². The van der Waals surface area contributed by atoms with Crippen molar-refractivity contribution in [2.24, 2.45) is 0 Å². The third kappa shape index (κ3) is 12.5. The standard InChI is InChI=1S/C12H21NO4/c1-17-12(14)10-8-6-4-2-3-5-7-9-11-13(15)16/h9,11H,2-8,10H2,1H3/b11-9+. The summed E-state index contributed by atoms with van der Waals surface area (Å²) in [7, 11) is 1.40. The maximum atomic E-state index is 10.8. The molecule has 0 radical (unpaired) electrons. The van der Waals surface area contributed by atoms with E-state index in [1.165, 1.54) is 7.11 Å². The highest BCUT2D eigenvalue weighted by atomic mass is 16.6. The molecule has 5 heteroatoms. The van der Waals surface area contributed by atoms with Gasteiger partial charge in [-0.3, -0.25) is 14.9 Å². The molecule has 0 aliphatic carbocycles. The second-order valence-electron chi connectivity index (χ2n) is 3.91. The lowest BCUT2D eigenvalue weighted by Crippen LogP contribution is -1.99. The normalized spacial score (nSPS) is 10.6. The number of unbranched alkanes of at least 4 members (excludes halogenated alkanes) is 6. The second kappa shape index (κ2) is 11.1. The van der Waals surface area contributed by atoms with Gasteiger partial charge in [-0.05, 0) is 25.3 Å². The summed E-state index contributed by atoms with van der Waals surface area (Å²) in [6, 6.07) is 0. The van der Waals surface area contributed by atoms with Gasteiger partial charge >= 0.3 is 5.97 Å². The summed E-state index contributed by atoms with van der Waals surface area (Å²) in [5.41, 5.74) is 0. The fourth-order valence-electron chi connectivity index (χ4n) is 1.50. The Hall–Kier alpha value is -1.39. The predicted octanol–water partition coefficient (Wildman–Crippen LogP) is 3.07. The number of nitrogens with zero attached hydrogens (tertiary/aromatic N) is 1. The fraction of sp³-hybridized carbons (Fsp3) is 0.750. The molecular weight excluding hydrogens is 222 g/mol. The maximum absolute atomic E-state index is 10.8. The van der Waals surface area contributed by atoms with Crippen LogP contribution in [0.1, 0.15) is 51.4 Å². The van der Waals surface area contributed by atoms with Crippen LogP contribution in [0.15, 0.2) is 12.3 Å². The van der Waals surface area contributed by atoms with Crippen molar-refractivity contribution in [3.63, 3.8) is 0 Å². The predicted molar refractivity (Wildman–Crippen MR) is 65.1 cm³/mol. The van der Waals surface area contributed by atoms with E-state index in [1.54, 1.807) is 6.08 Å². The van der Waals surface area contributed by atoms with Crippen LogP contribution in [0.3, 0.4) is 0 Å². The van der Waals surface area contributed by atoms with E-state index in [2.05, 4.69) is 4.74 Å². The molecule has 0 aromatic carbocycles. The highest BCUT2D eigenvalue weighted by Crippen LogP contribution is 2.09. The highest BCUT2D eigenvalue weighted by molar-refractivity contribution is 5.68.